The SMILES string of the molecule is COC(=O)c1c[nH]c(=O)c(NC(=O)c2cc3c(C)nn(Cc4ccc(Cl)cc4)c3s2)c1. The van der Waals surface area contributed by atoms with Gasteiger partial charge in [0.15, 0.2) is 0 Å². The van der Waals surface area contributed by atoms with Crippen molar-refractivity contribution in [2.24, 2.45) is 0 Å². The molecule has 4 rings (SSSR count). The first-order chi connectivity index (χ1) is 14.9. The van der Waals surface area contributed by atoms with Crippen LogP contribution >= 0.6 is 22.9 Å². The highest BCUT2D eigenvalue weighted by atomic mass is 35.5. The molecule has 0 aliphatic rings. The fourth-order valence-corrected chi connectivity index (χ4v) is 4.27. The molecule has 3 heterocycles. The van der Waals surface area contributed by atoms with Crippen LogP contribution in [-0.4, -0.2) is 33.8 Å². The Morgan fingerprint density at radius 3 is 2.71 bits per heavy atom. The number of fused-ring (bicyclic) bond motifs is 1. The maximum atomic E-state index is 12.8. The Bertz CT molecular complexity index is 1350. The zero-order valence-corrected chi connectivity index (χ0v) is 18.1. The number of hydrogen-bond donors (Lipinski definition) is 2. The molecule has 0 bridgehead atoms. The highest BCUT2D eigenvalue weighted by molar-refractivity contribution is 7.20. The first-order valence-electron chi connectivity index (χ1n) is 9.19. The number of aromatic nitrogens is 3. The number of nitrogens with zero attached hydrogens (tertiary/aromatic N) is 2. The van der Waals surface area contributed by atoms with Crippen molar-refractivity contribution in [3.8, 4) is 0 Å². The molecule has 0 saturated heterocycles. The van der Waals surface area contributed by atoms with Gasteiger partial charge < -0.3 is 15.0 Å². The van der Waals surface area contributed by atoms with Crippen LogP contribution in [0.4, 0.5) is 5.69 Å². The number of hydrogen-bond acceptors (Lipinski definition) is 6. The fourth-order valence-electron chi connectivity index (χ4n) is 3.09. The summed E-state index contributed by atoms with van der Waals surface area (Å²) in [7, 11) is 1.23. The number of thiophene rings is 1. The molecular formula is C21H17ClN4O4S. The molecule has 0 radical (unpaired) electrons. The van der Waals surface area contributed by atoms with E-state index in [9.17, 15) is 14.4 Å². The Labute approximate surface area is 185 Å². The highest BCUT2D eigenvalue weighted by Crippen LogP contribution is 2.29. The number of aromatic amines is 1. The molecule has 0 saturated carbocycles. The van der Waals surface area contributed by atoms with E-state index in [0.29, 0.717) is 16.4 Å². The lowest BCUT2D eigenvalue weighted by Crippen LogP contribution is -2.20. The van der Waals surface area contributed by atoms with Crippen LogP contribution in [0.25, 0.3) is 10.2 Å². The Balaban J connectivity index is 1.62. The fraction of sp³-hybridized carbons (Fsp3) is 0.143. The summed E-state index contributed by atoms with van der Waals surface area (Å²) in [5.74, 6) is -1.07. The number of aryl methyl sites for hydroxylation is 1. The number of carbonyl (C=O) groups is 2. The van der Waals surface area contributed by atoms with E-state index in [2.05, 4.69) is 20.1 Å². The lowest BCUT2D eigenvalue weighted by atomic mass is 10.2. The summed E-state index contributed by atoms with van der Waals surface area (Å²) in [4.78, 5) is 40.2. The summed E-state index contributed by atoms with van der Waals surface area (Å²) in [5.41, 5.74) is 1.39. The first kappa shape index (κ1) is 20.8. The number of methoxy groups -OCH3 is 1. The summed E-state index contributed by atoms with van der Waals surface area (Å²) >= 11 is 7.22. The van der Waals surface area contributed by atoms with Gasteiger partial charge in [-0.25, -0.2) is 4.79 Å². The van der Waals surface area contributed by atoms with E-state index in [1.165, 1.54) is 30.7 Å². The molecule has 0 atom stereocenters. The predicted molar refractivity (Wildman–Crippen MR) is 119 cm³/mol. The number of H-pyrrole nitrogens is 1. The molecule has 2 N–H and O–H groups in total. The van der Waals surface area contributed by atoms with Crippen molar-refractivity contribution in [1.82, 2.24) is 14.8 Å². The quantitative estimate of drug-likeness (QED) is 0.444. The van der Waals surface area contributed by atoms with E-state index >= 15 is 0 Å². The van der Waals surface area contributed by atoms with E-state index in [1.54, 1.807) is 6.07 Å². The third kappa shape index (κ3) is 4.23. The Morgan fingerprint density at radius 1 is 1.26 bits per heavy atom. The van der Waals surface area contributed by atoms with Gasteiger partial charge in [-0.2, -0.15) is 5.10 Å². The van der Waals surface area contributed by atoms with Crippen LogP contribution in [0.1, 0.15) is 31.3 Å². The lowest BCUT2D eigenvalue weighted by Gasteiger charge is -2.05. The zero-order valence-electron chi connectivity index (χ0n) is 16.6. The summed E-state index contributed by atoms with van der Waals surface area (Å²) in [6.45, 7) is 2.41. The Morgan fingerprint density at radius 2 is 2.00 bits per heavy atom. The number of nitrogens with one attached hydrogen (secondary N) is 2. The molecule has 0 unspecified atom stereocenters. The molecule has 10 heteroatoms. The van der Waals surface area contributed by atoms with Crippen LogP contribution in [0, 0.1) is 6.92 Å². The highest BCUT2D eigenvalue weighted by Gasteiger charge is 2.18. The molecular weight excluding hydrogens is 440 g/mol. The van der Waals surface area contributed by atoms with Gasteiger partial charge in [0, 0.05) is 16.6 Å². The molecule has 0 aliphatic carbocycles. The van der Waals surface area contributed by atoms with Crippen molar-refractivity contribution in [3.05, 3.63) is 79.7 Å². The van der Waals surface area contributed by atoms with Gasteiger partial charge in [0.1, 0.15) is 10.5 Å². The van der Waals surface area contributed by atoms with Crippen molar-refractivity contribution in [1.29, 1.82) is 0 Å². The van der Waals surface area contributed by atoms with Gasteiger partial charge in [0.25, 0.3) is 11.5 Å². The van der Waals surface area contributed by atoms with Gasteiger partial charge in [0.2, 0.25) is 0 Å². The maximum absolute atomic E-state index is 12.8. The minimum Gasteiger partial charge on any atom is -0.465 e. The van der Waals surface area contributed by atoms with Gasteiger partial charge in [-0.1, -0.05) is 23.7 Å². The van der Waals surface area contributed by atoms with Crippen LogP contribution in [0.3, 0.4) is 0 Å². The monoisotopic (exact) mass is 456 g/mol. The van der Waals surface area contributed by atoms with Gasteiger partial charge in [-0.05, 0) is 36.8 Å². The summed E-state index contributed by atoms with van der Waals surface area (Å²) in [6, 6.07) is 10.5. The van der Waals surface area contributed by atoms with E-state index in [1.807, 2.05) is 35.9 Å². The number of ether oxygens (including phenoxy) is 1. The van der Waals surface area contributed by atoms with Gasteiger partial charge in [-0.15, -0.1) is 11.3 Å². The molecule has 8 nitrogen and oxygen atoms in total. The number of pyridine rings is 1. The number of benzene rings is 1. The van der Waals surface area contributed by atoms with Crippen LogP contribution in [0.5, 0.6) is 0 Å². The van der Waals surface area contributed by atoms with Crippen molar-refractivity contribution < 1.29 is 14.3 Å². The van der Waals surface area contributed by atoms with Crippen LogP contribution in [0.15, 0.2) is 47.4 Å². The Hall–Kier alpha value is -3.43. The molecule has 0 spiro atoms. The smallest absolute Gasteiger partial charge is 0.339 e. The molecule has 31 heavy (non-hydrogen) atoms. The number of halogens is 1. The minimum absolute atomic E-state index is 0.0372. The second kappa shape index (κ2) is 8.37. The number of amides is 1. The second-order valence-corrected chi connectivity index (χ2v) is 8.24. The molecule has 0 aliphatic heterocycles. The molecule has 0 fully saturated rings. The third-order valence-corrected chi connectivity index (χ3v) is 6.05. The minimum atomic E-state index is -0.619. The standard InChI is InChI=1S/C21H17ClN4O4S/c1-11-15-8-17(19(28)24-16-7-13(21(29)30-2)9-23-18(16)27)31-20(15)26(25-11)10-12-3-5-14(22)6-4-12/h3-9H,10H2,1-2H3,(H,23,27)(H,24,28). The predicted octanol–water partition coefficient (Wildman–Crippen LogP) is 3.84. The van der Waals surface area contributed by atoms with E-state index in [-0.39, 0.29) is 11.3 Å². The van der Waals surface area contributed by atoms with Crippen LogP contribution in [-0.2, 0) is 11.3 Å². The molecule has 1 aromatic carbocycles. The van der Waals surface area contributed by atoms with E-state index in [4.69, 9.17) is 11.6 Å². The number of anilines is 1. The largest absolute Gasteiger partial charge is 0.465 e. The lowest BCUT2D eigenvalue weighted by molar-refractivity contribution is 0.0600. The van der Waals surface area contributed by atoms with Crippen LogP contribution in [0.2, 0.25) is 5.02 Å². The van der Waals surface area contributed by atoms with E-state index in [0.717, 1.165) is 21.5 Å². The van der Waals surface area contributed by atoms with Gasteiger partial charge in [-0.3, -0.25) is 14.3 Å². The Kier molecular flexibility index (Phi) is 5.62. The molecule has 4 aromatic rings. The molecule has 1 amide bonds. The van der Waals surface area contributed by atoms with Gasteiger partial charge >= 0.3 is 5.97 Å². The normalized spacial score (nSPS) is 10.9. The summed E-state index contributed by atoms with van der Waals surface area (Å²) in [6.07, 6.45) is 1.23. The van der Waals surface area contributed by atoms with Crippen molar-refractivity contribution in [3.63, 3.8) is 0 Å². The average Bonchev–Trinajstić information content (AvgIpc) is 3.32. The maximum Gasteiger partial charge on any atom is 0.339 e. The van der Waals surface area contributed by atoms with Crippen molar-refractivity contribution in [2.45, 2.75) is 13.5 Å². The number of carbonyl (C=O) groups excluding carboxylic acids is 2. The number of rotatable bonds is 5. The first-order valence-corrected chi connectivity index (χ1v) is 10.4. The number of esters is 1. The molecule has 158 valence electrons. The zero-order chi connectivity index (χ0) is 22.1. The molecule has 3 aromatic heterocycles. The topological polar surface area (TPSA) is 106 Å². The van der Waals surface area contributed by atoms with Crippen molar-refractivity contribution in [2.75, 3.05) is 12.4 Å². The van der Waals surface area contributed by atoms with Crippen LogP contribution < -0.4 is 10.9 Å². The summed E-state index contributed by atoms with van der Waals surface area (Å²) in [5, 5.41) is 8.65. The van der Waals surface area contributed by atoms with E-state index < -0.39 is 17.4 Å². The van der Waals surface area contributed by atoms with Crippen molar-refractivity contribution >= 4 is 50.7 Å². The average molecular weight is 457 g/mol. The third-order valence-electron chi connectivity index (χ3n) is 4.65. The second-order valence-electron chi connectivity index (χ2n) is 6.78. The summed E-state index contributed by atoms with van der Waals surface area (Å²) < 4.78 is 6.48. The van der Waals surface area contributed by atoms with Gasteiger partial charge in [0.05, 0.1) is 29.8 Å².